The van der Waals surface area contributed by atoms with Crippen molar-refractivity contribution >= 4 is 11.6 Å². The van der Waals surface area contributed by atoms with E-state index in [0.29, 0.717) is 21.3 Å². The van der Waals surface area contributed by atoms with Crippen LogP contribution in [-0.2, 0) is 0 Å². The van der Waals surface area contributed by atoms with Gasteiger partial charge < -0.3 is 10.2 Å². The zero-order chi connectivity index (χ0) is 20.4. The molecule has 1 N–H and O–H groups in total. The third-order valence-corrected chi connectivity index (χ3v) is 6.50. The maximum Gasteiger partial charge on any atom is 0.333 e. The van der Waals surface area contributed by atoms with Gasteiger partial charge in [0.25, 0.3) is 0 Å². The summed E-state index contributed by atoms with van der Waals surface area (Å²) in [6.07, 6.45) is 7.71. The van der Waals surface area contributed by atoms with Crippen LogP contribution in [0.5, 0.6) is 0 Å². The molecule has 2 aliphatic heterocycles. The van der Waals surface area contributed by atoms with Crippen LogP contribution >= 0.6 is 11.6 Å². The predicted octanol–water partition coefficient (Wildman–Crippen LogP) is 3.52. The van der Waals surface area contributed by atoms with Gasteiger partial charge in [-0.05, 0) is 63.0 Å². The van der Waals surface area contributed by atoms with E-state index in [1.807, 2.05) is 6.07 Å². The van der Waals surface area contributed by atoms with E-state index < -0.39 is 6.55 Å². The topological polar surface area (TPSA) is 46.0 Å². The fourth-order valence-electron chi connectivity index (χ4n) is 4.56. The van der Waals surface area contributed by atoms with E-state index in [1.165, 1.54) is 12.4 Å². The van der Waals surface area contributed by atoms with Gasteiger partial charge in [0, 0.05) is 30.4 Å². The Balaban J connectivity index is 1.68. The Bertz CT molecular complexity index is 925. The lowest BCUT2D eigenvalue weighted by Gasteiger charge is -2.49. The van der Waals surface area contributed by atoms with Gasteiger partial charge in [0.1, 0.15) is 5.15 Å². The summed E-state index contributed by atoms with van der Waals surface area (Å²) in [6, 6.07) is 1.92. The Labute approximate surface area is 174 Å². The highest BCUT2D eigenvalue weighted by Crippen LogP contribution is 2.49. The molecule has 0 saturated carbocycles. The highest BCUT2D eigenvalue weighted by Gasteiger charge is 2.43. The predicted molar refractivity (Wildman–Crippen MR) is 108 cm³/mol. The molecule has 29 heavy (non-hydrogen) atoms. The molecule has 2 aromatic heterocycles. The number of hydrogen-bond donors (Lipinski definition) is 1. The molecule has 1 unspecified atom stereocenters. The van der Waals surface area contributed by atoms with Gasteiger partial charge in [-0.2, -0.15) is 13.9 Å². The van der Waals surface area contributed by atoms with E-state index in [9.17, 15) is 8.78 Å². The first-order valence-electron chi connectivity index (χ1n) is 9.86. The van der Waals surface area contributed by atoms with Crippen LogP contribution in [0.3, 0.4) is 0 Å². The van der Waals surface area contributed by atoms with Crippen LogP contribution in [0.15, 0.2) is 24.7 Å². The van der Waals surface area contributed by atoms with Gasteiger partial charge in [0.2, 0.25) is 0 Å². The lowest BCUT2D eigenvalue weighted by molar-refractivity contribution is 0.0566. The maximum absolute atomic E-state index is 12.7. The zero-order valence-electron chi connectivity index (χ0n) is 16.3. The number of piperidine rings is 2. The third-order valence-electron chi connectivity index (χ3n) is 6.29. The minimum Gasteiger partial charge on any atom is -0.316 e. The van der Waals surface area contributed by atoms with Crippen molar-refractivity contribution in [2.45, 2.75) is 31.7 Å². The molecule has 2 aliphatic rings. The van der Waals surface area contributed by atoms with Gasteiger partial charge in [-0.15, -0.1) is 0 Å². The van der Waals surface area contributed by atoms with Gasteiger partial charge in [0.05, 0.1) is 11.8 Å². The normalized spacial score (nSPS) is 21.9. The largest absolute Gasteiger partial charge is 0.333 e. The van der Waals surface area contributed by atoms with E-state index in [2.05, 4.69) is 39.2 Å². The lowest BCUT2D eigenvalue weighted by atomic mass is 9.62. The summed E-state index contributed by atoms with van der Waals surface area (Å²) in [5.74, 6) is 6.38. The number of alkyl halides is 2. The van der Waals surface area contributed by atoms with Crippen molar-refractivity contribution in [3.63, 3.8) is 0 Å². The molecule has 4 rings (SSSR count). The van der Waals surface area contributed by atoms with Gasteiger partial charge in [-0.1, -0.05) is 23.4 Å². The van der Waals surface area contributed by atoms with Crippen LogP contribution in [0.2, 0.25) is 5.15 Å². The number of nitrogens with zero attached hydrogens (tertiary/aromatic N) is 4. The molecule has 1 atom stereocenters. The van der Waals surface area contributed by atoms with Crippen molar-refractivity contribution in [1.82, 2.24) is 25.0 Å². The summed E-state index contributed by atoms with van der Waals surface area (Å²) in [4.78, 5) is 6.60. The Morgan fingerprint density at radius 1 is 1.24 bits per heavy atom. The number of likely N-dealkylation sites (tertiary alicyclic amines) is 1. The van der Waals surface area contributed by atoms with Crippen molar-refractivity contribution in [1.29, 1.82) is 0 Å². The first-order chi connectivity index (χ1) is 14.0. The monoisotopic (exact) mass is 419 g/mol. The van der Waals surface area contributed by atoms with Crippen molar-refractivity contribution in [3.8, 4) is 11.8 Å². The molecular weight excluding hydrogens is 396 g/mol. The Morgan fingerprint density at radius 3 is 2.76 bits per heavy atom. The summed E-state index contributed by atoms with van der Waals surface area (Å²) in [6.45, 7) is 1.40. The van der Waals surface area contributed by atoms with Gasteiger partial charge in [-0.3, -0.25) is 0 Å². The van der Waals surface area contributed by atoms with Crippen molar-refractivity contribution in [2.75, 3.05) is 33.2 Å². The quantitative estimate of drug-likeness (QED) is 0.597. The second kappa shape index (κ2) is 8.39. The molecule has 154 valence electrons. The third kappa shape index (κ3) is 4.30. The molecule has 0 aliphatic carbocycles. The summed E-state index contributed by atoms with van der Waals surface area (Å²) in [5.41, 5.74) is 2.56. The number of nitrogens with one attached hydrogen (secondary N) is 1. The number of aromatic nitrogens is 3. The zero-order valence-corrected chi connectivity index (χ0v) is 17.1. The maximum atomic E-state index is 12.7. The molecule has 2 fully saturated rings. The molecule has 8 heteroatoms. The molecule has 5 nitrogen and oxygen atoms in total. The summed E-state index contributed by atoms with van der Waals surface area (Å²) in [7, 11) is 2.17. The second-order valence-electron chi connectivity index (χ2n) is 8.00. The fourth-order valence-corrected chi connectivity index (χ4v) is 4.73. The molecule has 2 saturated heterocycles. The van der Waals surface area contributed by atoms with E-state index in [1.54, 1.807) is 6.20 Å². The Kier molecular flexibility index (Phi) is 5.86. The molecule has 2 aromatic rings. The Morgan fingerprint density at radius 2 is 2.03 bits per heavy atom. The smallest absolute Gasteiger partial charge is 0.316 e. The Hall–Kier alpha value is -2.01. The van der Waals surface area contributed by atoms with E-state index in [4.69, 9.17) is 11.6 Å². The van der Waals surface area contributed by atoms with Crippen LogP contribution in [-0.4, -0.2) is 52.9 Å². The fraction of sp³-hybridized carbons (Fsp3) is 0.524. The lowest BCUT2D eigenvalue weighted by Crippen LogP contribution is -2.49. The first-order valence-corrected chi connectivity index (χ1v) is 10.2. The highest BCUT2D eigenvalue weighted by atomic mass is 35.5. The second-order valence-corrected chi connectivity index (χ2v) is 8.39. The molecule has 0 bridgehead atoms. The van der Waals surface area contributed by atoms with Crippen LogP contribution in [0.25, 0.3) is 0 Å². The van der Waals surface area contributed by atoms with Gasteiger partial charge in [-0.25, -0.2) is 9.67 Å². The first kappa shape index (κ1) is 20.3. The van der Waals surface area contributed by atoms with Crippen molar-refractivity contribution in [3.05, 3.63) is 46.5 Å². The average Bonchev–Trinajstić information content (AvgIpc) is 3.19. The molecule has 0 radical (unpaired) electrons. The van der Waals surface area contributed by atoms with Crippen LogP contribution < -0.4 is 5.32 Å². The van der Waals surface area contributed by atoms with Crippen LogP contribution in [0, 0.1) is 17.3 Å². The number of hydrogen-bond acceptors (Lipinski definition) is 4. The number of pyridine rings is 1. The van der Waals surface area contributed by atoms with Crippen molar-refractivity contribution < 1.29 is 8.78 Å². The summed E-state index contributed by atoms with van der Waals surface area (Å²) >= 11 is 6.26. The van der Waals surface area contributed by atoms with E-state index >= 15 is 0 Å². The minimum absolute atomic E-state index is 0.222. The molecule has 1 spiro atoms. The molecule has 0 amide bonds. The minimum atomic E-state index is -2.67. The number of halogens is 3. The molecule has 4 heterocycles. The number of rotatable bonds is 2. The molecule has 0 aromatic carbocycles. The van der Waals surface area contributed by atoms with Crippen molar-refractivity contribution in [2.24, 2.45) is 5.41 Å². The standard InChI is InChI=1S/C21H24ClF2N5/c1-28-8-5-21(6-9-28)4-7-25-13-18(21)17-10-19(22)26-12-16(17)3-2-15-11-27-29(14-15)20(23)24/h10-12,14,18,20,25H,4-9,13H2,1H3. The summed E-state index contributed by atoms with van der Waals surface area (Å²) in [5, 5.41) is 7.62. The van der Waals surface area contributed by atoms with E-state index in [-0.39, 0.29) is 5.41 Å². The summed E-state index contributed by atoms with van der Waals surface area (Å²) < 4.78 is 26.1. The highest BCUT2D eigenvalue weighted by molar-refractivity contribution is 6.29. The SMILES string of the molecule is CN1CCC2(CCNCC2c2cc(Cl)ncc2C#Cc2cnn(C(F)F)c2)CC1. The van der Waals surface area contributed by atoms with E-state index in [0.717, 1.165) is 56.6 Å². The van der Waals surface area contributed by atoms with Crippen LogP contribution in [0.4, 0.5) is 8.78 Å². The van der Waals surface area contributed by atoms with Crippen LogP contribution in [0.1, 0.15) is 48.4 Å². The van der Waals surface area contributed by atoms with Gasteiger partial charge in [0.15, 0.2) is 0 Å². The molecular formula is C21H24ClF2N5. The average molecular weight is 420 g/mol. The van der Waals surface area contributed by atoms with Gasteiger partial charge >= 0.3 is 6.55 Å².